The van der Waals surface area contributed by atoms with Crippen LogP contribution in [0.1, 0.15) is 12.8 Å². The molecule has 1 rings (SSSR count). The third kappa shape index (κ3) is 2.18. The molecule has 0 spiro atoms. The van der Waals surface area contributed by atoms with Crippen LogP contribution in [0.15, 0.2) is 0 Å². The Labute approximate surface area is 76.5 Å². The Balaban J connectivity index is 2.67. The average Bonchev–Trinajstić information content (AvgIpc) is 2.16. The fourth-order valence-corrected chi connectivity index (χ4v) is 1.45. The summed E-state index contributed by atoms with van der Waals surface area (Å²) < 4.78 is 0. The molecule has 0 bridgehead atoms. The fourth-order valence-electron chi connectivity index (χ4n) is 1.45. The first-order valence-electron chi connectivity index (χ1n) is 4.18. The second-order valence-electron chi connectivity index (χ2n) is 2.98. The zero-order chi connectivity index (χ0) is 9.84. The topological polar surface area (TPSA) is 83.6 Å². The van der Waals surface area contributed by atoms with Crippen LogP contribution in [0.2, 0.25) is 0 Å². The van der Waals surface area contributed by atoms with Crippen LogP contribution < -0.4 is 5.73 Å². The highest BCUT2D eigenvalue weighted by atomic mass is 16.3. The van der Waals surface area contributed by atoms with Crippen LogP contribution in [0.25, 0.3) is 0 Å². The maximum Gasteiger partial charge on any atom is 0.248 e. The summed E-state index contributed by atoms with van der Waals surface area (Å²) in [6.07, 6.45) is 3.16. The number of aliphatic hydroxyl groups is 1. The van der Waals surface area contributed by atoms with Crippen molar-refractivity contribution in [2.24, 2.45) is 5.73 Å². The summed E-state index contributed by atoms with van der Waals surface area (Å²) in [5, 5.41) is 8.63. The molecule has 1 heterocycles. The van der Waals surface area contributed by atoms with Crippen molar-refractivity contribution in [2.45, 2.75) is 18.9 Å². The van der Waals surface area contributed by atoms with Crippen molar-refractivity contribution in [1.82, 2.24) is 4.90 Å². The van der Waals surface area contributed by atoms with E-state index in [1.54, 1.807) is 0 Å². The second-order valence-corrected chi connectivity index (χ2v) is 2.98. The summed E-state index contributed by atoms with van der Waals surface area (Å²) in [5.41, 5.74) is 5.12. The molecule has 0 aromatic heterocycles. The van der Waals surface area contributed by atoms with Gasteiger partial charge in [0.05, 0.1) is 0 Å². The van der Waals surface area contributed by atoms with Crippen LogP contribution in [0.4, 0.5) is 0 Å². The van der Waals surface area contributed by atoms with Crippen LogP contribution in [0.3, 0.4) is 0 Å². The third-order valence-corrected chi connectivity index (χ3v) is 2.12. The molecule has 1 aliphatic rings. The van der Waals surface area contributed by atoms with E-state index in [1.807, 2.05) is 6.42 Å². The predicted octanol–water partition coefficient (Wildman–Crippen LogP) is -1.34. The van der Waals surface area contributed by atoms with Gasteiger partial charge in [-0.05, 0) is 19.3 Å². The zero-order valence-corrected chi connectivity index (χ0v) is 7.27. The molecular weight excluding hydrogens is 172 g/mol. The van der Waals surface area contributed by atoms with E-state index in [0.717, 1.165) is 6.42 Å². The molecule has 73 valence electrons. The molecule has 0 aromatic carbocycles. The minimum absolute atomic E-state index is 0.433. The Kier molecular flexibility index (Phi) is 3.25. The van der Waals surface area contributed by atoms with Gasteiger partial charge in [-0.3, -0.25) is 9.59 Å². The van der Waals surface area contributed by atoms with Gasteiger partial charge in [-0.2, -0.15) is 0 Å². The molecule has 3 N–H and O–H groups in total. The highest BCUT2D eigenvalue weighted by molar-refractivity contribution is 5.87. The number of likely N-dealkylation sites (tertiary alicyclic amines) is 1. The summed E-state index contributed by atoms with van der Waals surface area (Å²) in [4.78, 5) is 23.4. The molecule has 1 unspecified atom stereocenters. The Morgan fingerprint density at radius 3 is 2.85 bits per heavy atom. The minimum Gasteiger partial charge on any atom is -0.387 e. The average molecular weight is 185 g/mol. The standard InChI is InChI=1S/C8H13N2O3/c9-8(13)6-3-1-2-4-10(6)7(12)5-11/h1,6,11H,2-5H2,(H2,9,13). The number of carbonyl (C=O) groups is 2. The van der Waals surface area contributed by atoms with Crippen molar-refractivity contribution in [3.63, 3.8) is 0 Å². The monoisotopic (exact) mass is 185 g/mol. The van der Waals surface area contributed by atoms with Gasteiger partial charge in [-0.25, -0.2) is 0 Å². The lowest BCUT2D eigenvalue weighted by molar-refractivity contribution is -0.142. The SMILES string of the molecule is NC(=O)C1C[CH]CCN1C(=O)CO. The molecule has 1 saturated heterocycles. The summed E-state index contributed by atoms with van der Waals surface area (Å²) >= 11 is 0. The van der Waals surface area contributed by atoms with E-state index in [0.29, 0.717) is 13.0 Å². The number of hydrogen-bond acceptors (Lipinski definition) is 3. The van der Waals surface area contributed by atoms with Crippen molar-refractivity contribution in [3.05, 3.63) is 6.42 Å². The van der Waals surface area contributed by atoms with Crippen LogP contribution in [-0.2, 0) is 9.59 Å². The van der Waals surface area contributed by atoms with Gasteiger partial charge < -0.3 is 15.7 Å². The lowest BCUT2D eigenvalue weighted by Crippen LogP contribution is -2.51. The van der Waals surface area contributed by atoms with Crippen molar-refractivity contribution in [3.8, 4) is 0 Å². The van der Waals surface area contributed by atoms with E-state index in [4.69, 9.17) is 10.8 Å². The summed E-state index contributed by atoms with van der Waals surface area (Å²) in [6, 6.07) is -0.576. The molecular formula is C8H13N2O3. The van der Waals surface area contributed by atoms with E-state index in [2.05, 4.69) is 0 Å². The van der Waals surface area contributed by atoms with Crippen molar-refractivity contribution >= 4 is 11.8 Å². The number of carbonyl (C=O) groups excluding carboxylic acids is 2. The maximum atomic E-state index is 11.1. The number of rotatable bonds is 2. The van der Waals surface area contributed by atoms with Gasteiger partial charge in [-0.1, -0.05) is 0 Å². The number of primary amides is 1. The largest absolute Gasteiger partial charge is 0.387 e. The van der Waals surface area contributed by atoms with Crippen molar-refractivity contribution < 1.29 is 14.7 Å². The van der Waals surface area contributed by atoms with E-state index >= 15 is 0 Å². The number of amides is 2. The first-order chi connectivity index (χ1) is 6.16. The third-order valence-electron chi connectivity index (χ3n) is 2.12. The Hall–Kier alpha value is -1.10. The number of aliphatic hydroxyl groups excluding tert-OH is 1. The van der Waals surface area contributed by atoms with E-state index in [9.17, 15) is 9.59 Å². The first-order valence-corrected chi connectivity index (χ1v) is 4.18. The fraction of sp³-hybridized carbons (Fsp3) is 0.625. The molecule has 0 aromatic rings. The minimum atomic E-state index is -0.576. The predicted molar refractivity (Wildman–Crippen MR) is 45.3 cm³/mol. The summed E-state index contributed by atoms with van der Waals surface area (Å²) in [5.74, 6) is -0.949. The van der Waals surface area contributed by atoms with Gasteiger partial charge >= 0.3 is 0 Å². The number of hydrogen-bond donors (Lipinski definition) is 2. The normalized spacial score (nSPS) is 22.8. The lowest BCUT2D eigenvalue weighted by Gasteiger charge is -2.32. The van der Waals surface area contributed by atoms with E-state index in [1.165, 1.54) is 4.90 Å². The second kappa shape index (κ2) is 4.23. The molecule has 0 saturated carbocycles. The van der Waals surface area contributed by atoms with E-state index < -0.39 is 24.5 Å². The lowest BCUT2D eigenvalue weighted by atomic mass is 10.0. The zero-order valence-electron chi connectivity index (χ0n) is 7.27. The number of piperidine rings is 1. The molecule has 5 nitrogen and oxygen atoms in total. The molecule has 5 heteroatoms. The number of nitrogens with zero attached hydrogens (tertiary/aromatic N) is 1. The molecule has 13 heavy (non-hydrogen) atoms. The van der Waals surface area contributed by atoms with Crippen molar-refractivity contribution in [2.75, 3.05) is 13.2 Å². The highest BCUT2D eigenvalue weighted by Crippen LogP contribution is 2.15. The molecule has 1 radical (unpaired) electrons. The van der Waals surface area contributed by atoms with Crippen molar-refractivity contribution in [1.29, 1.82) is 0 Å². The Bertz CT molecular complexity index is 217. The Morgan fingerprint density at radius 2 is 2.31 bits per heavy atom. The molecule has 0 aliphatic carbocycles. The molecule has 1 atom stereocenters. The molecule has 1 aliphatic heterocycles. The van der Waals surface area contributed by atoms with Crippen LogP contribution >= 0.6 is 0 Å². The molecule has 2 amide bonds. The van der Waals surface area contributed by atoms with Crippen LogP contribution in [-0.4, -0.2) is 41.0 Å². The van der Waals surface area contributed by atoms with Crippen LogP contribution in [0, 0.1) is 6.42 Å². The van der Waals surface area contributed by atoms with Gasteiger partial charge in [0.1, 0.15) is 12.6 Å². The van der Waals surface area contributed by atoms with Gasteiger partial charge in [-0.15, -0.1) is 0 Å². The smallest absolute Gasteiger partial charge is 0.248 e. The van der Waals surface area contributed by atoms with Gasteiger partial charge in [0.15, 0.2) is 0 Å². The summed E-state index contributed by atoms with van der Waals surface area (Å²) in [6.45, 7) is -0.100. The maximum absolute atomic E-state index is 11.1. The first kappa shape index (κ1) is 9.98. The number of nitrogens with two attached hydrogens (primary N) is 1. The summed E-state index contributed by atoms with van der Waals surface area (Å²) in [7, 11) is 0. The Morgan fingerprint density at radius 1 is 1.62 bits per heavy atom. The molecule has 1 fully saturated rings. The van der Waals surface area contributed by atoms with E-state index in [-0.39, 0.29) is 0 Å². The quantitative estimate of drug-likeness (QED) is 0.558. The van der Waals surface area contributed by atoms with Crippen LogP contribution in [0.5, 0.6) is 0 Å². The highest BCUT2D eigenvalue weighted by Gasteiger charge is 2.29. The van der Waals surface area contributed by atoms with Gasteiger partial charge in [0.2, 0.25) is 11.8 Å². The van der Waals surface area contributed by atoms with Gasteiger partial charge in [0, 0.05) is 6.54 Å². The van der Waals surface area contributed by atoms with Gasteiger partial charge in [0.25, 0.3) is 0 Å².